The Morgan fingerprint density at radius 3 is 2.49 bits per heavy atom. The van der Waals surface area contributed by atoms with Gasteiger partial charge in [0.1, 0.15) is 5.75 Å². The number of alkyl halides is 3. The van der Waals surface area contributed by atoms with Gasteiger partial charge in [-0.05, 0) is 59.9 Å². The zero-order valence-corrected chi connectivity index (χ0v) is 25.8. The van der Waals surface area contributed by atoms with Crippen LogP contribution in [0.25, 0.3) is 11.6 Å². The molecule has 0 radical (unpaired) electrons. The lowest BCUT2D eigenvalue weighted by Crippen LogP contribution is -2.56. The predicted molar refractivity (Wildman–Crippen MR) is 164 cm³/mol. The van der Waals surface area contributed by atoms with Crippen LogP contribution in [0.5, 0.6) is 5.75 Å². The lowest BCUT2D eigenvalue weighted by molar-refractivity contribution is -0.137. The summed E-state index contributed by atoms with van der Waals surface area (Å²) in [4.78, 5) is 73.4. The summed E-state index contributed by atoms with van der Waals surface area (Å²) in [6.45, 7) is 1.81. The lowest BCUT2D eigenvalue weighted by atomic mass is 9.65. The molecular weight excluding hydrogens is 617 g/mol. The Labute approximate surface area is 266 Å². The van der Waals surface area contributed by atoms with Crippen molar-refractivity contribution in [3.63, 3.8) is 0 Å². The molecule has 1 aromatic heterocycles. The summed E-state index contributed by atoms with van der Waals surface area (Å²) in [5.74, 6) is -1.92. The van der Waals surface area contributed by atoms with Gasteiger partial charge in [0.2, 0.25) is 11.7 Å². The molecule has 1 fully saturated rings. The van der Waals surface area contributed by atoms with Gasteiger partial charge in [0.25, 0.3) is 5.91 Å². The van der Waals surface area contributed by atoms with Crippen LogP contribution in [-0.2, 0) is 28.6 Å². The Morgan fingerprint density at radius 2 is 1.83 bits per heavy atom. The zero-order valence-electron chi connectivity index (χ0n) is 25.8. The number of carbonyl (C=O) groups is 5. The van der Waals surface area contributed by atoms with Gasteiger partial charge in [-0.25, -0.2) is 4.79 Å². The number of hydrogen-bond acceptors (Lipinski definition) is 6. The molecule has 0 saturated carbocycles. The van der Waals surface area contributed by atoms with E-state index in [0.29, 0.717) is 28.0 Å². The predicted octanol–water partition coefficient (Wildman–Crippen LogP) is 4.37. The van der Waals surface area contributed by atoms with Crippen molar-refractivity contribution < 1.29 is 41.9 Å². The number of nitrogens with zero attached hydrogens (tertiary/aromatic N) is 2. The number of likely N-dealkylation sites (N-methyl/N-ethyl adjacent to an activating group) is 2. The Bertz CT molecular complexity index is 1970. The molecule has 1 aliphatic heterocycles. The first kappa shape index (κ1) is 31.5. The summed E-state index contributed by atoms with van der Waals surface area (Å²) < 4.78 is 44.6. The van der Waals surface area contributed by atoms with E-state index in [9.17, 15) is 37.1 Å². The van der Waals surface area contributed by atoms with Gasteiger partial charge < -0.3 is 19.9 Å². The average molecular weight is 647 g/mol. The second-order valence-electron chi connectivity index (χ2n) is 11.7. The number of H-pyrrole nitrogens is 1. The van der Waals surface area contributed by atoms with Crippen molar-refractivity contribution in [2.45, 2.75) is 31.5 Å². The molecule has 13 heteroatoms. The fourth-order valence-corrected chi connectivity index (χ4v) is 6.75. The number of hydrogen-bond donors (Lipinski definition) is 2. The number of aryl methyl sites for hydroxylation is 1. The second kappa shape index (κ2) is 11.1. The number of aromatic amines is 1. The third-order valence-corrected chi connectivity index (χ3v) is 9.05. The van der Waals surface area contributed by atoms with Crippen molar-refractivity contribution in [3.05, 3.63) is 98.9 Å². The number of fused-ring (bicyclic) bond motifs is 4. The van der Waals surface area contributed by atoms with Crippen LogP contribution in [0.4, 0.5) is 18.0 Å². The van der Waals surface area contributed by atoms with Gasteiger partial charge in [-0.15, -0.1) is 0 Å². The molecule has 0 bridgehead atoms. The van der Waals surface area contributed by atoms with Crippen LogP contribution < -0.4 is 10.1 Å². The third kappa shape index (κ3) is 4.75. The largest absolute Gasteiger partial charge is 0.496 e. The van der Waals surface area contributed by atoms with E-state index in [4.69, 9.17) is 4.74 Å². The number of imide groups is 1. The molecule has 1 unspecified atom stereocenters. The van der Waals surface area contributed by atoms with Crippen LogP contribution in [0.2, 0.25) is 0 Å². The summed E-state index contributed by atoms with van der Waals surface area (Å²) in [6, 6.07) is 7.38. The van der Waals surface area contributed by atoms with E-state index < -0.39 is 46.7 Å². The monoisotopic (exact) mass is 646 g/mol. The van der Waals surface area contributed by atoms with E-state index >= 15 is 0 Å². The average Bonchev–Trinajstić information content (AvgIpc) is 3.53. The SMILES string of the molecule is COc1ccc(C)c2c1CC1(C(=O)N(C)C(=O)N1C)C1=C2C(=O)c2[nH]cc(CCNC(=O)/C=C/c3cccc(C(F)(F)F)c3)c2C1=O. The number of rotatable bonds is 6. The topological polar surface area (TPSA) is 129 Å². The third-order valence-electron chi connectivity index (χ3n) is 9.05. The number of allylic oxidation sites excluding steroid dienone is 1. The zero-order chi connectivity index (χ0) is 34.0. The standard InChI is InChI=1S/C34H29F3N4O6/c1-17-8-10-22(47-4)21-15-33(31(45)40(2)32(46)41(33)3)27-26(24(17)21)30(44)28-25(29(27)43)19(16-39-28)12-13-38-23(42)11-9-18-6-5-7-20(14-18)34(35,36)37/h5-11,14,16,39H,12-13,15H2,1-4H3,(H,38,42)/b11-9+. The number of ether oxygens (including phenoxy) is 1. The number of urea groups is 1. The van der Waals surface area contributed by atoms with Crippen LogP contribution in [0.3, 0.4) is 0 Å². The van der Waals surface area contributed by atoms with Crippen LogP contribution >= 0.6 is 0 Å². The maximum Gasteiger partial charge on any atom is 0.416 e. The van der Waals surface area contributed by atoms with Gasteiger partial charge in [-0.1, -0.05) is 18.2 Å². The molecule has 2 aromatic carbocycles. The van der Waals surface area contributed by atoms with Crippen LogP contribution in [0.15, 0.2) is 54.2 Å². The van der Waals surface area contributed by atoms with E-state index in [1.807, 2.05) is 0 Å². The molecule has 3 aliphatic rings. The Kier molecular flexibility index (Phi) is 7.45. The number of ketones is 2. The molecule has 2 heterocycles. The molecule has 4 amide bonds. The molecule has 47 heavy (non-hydrogen) atoms. The number of Topliss-reactive ketones (excluding diaryl/α,β-unsaturated/α-hetero) is 2. The van der Waals surface area contributed by atoms with E-state index in [1.165, 1.54) is 50.5 Å². The minimum Gasteiger partial charge on any atom is -0.496 e. The summed E-state index contributed by atoms with van der Waals surface area (Å²) in [5, 5.41) is 2.64. The van der Waals surface area contributed by atoms with Crippen molar-refractivity contribution in [1.29, 1.82) is 0 Å². The number of aromatic nitrogens is 1. The molecule has 10 nitrogen and oxygen atoms in total. The Morgan fingerprint density at radius 1 is 1.09 bits per heavy atom. The summed E-state index contributed by atoms with van der Waals surface area (Å²) in [7, 11) is 4.21. The molecule has 2 aliphatic carbocycles. The minimum atomic E-state index is -4.52. The molecule has 1 atom stereocenters. The molecule has 1 saturated heterocycles. The molecule has 1 spiro atoms. The van der Waals surface area contributed by atoms with E-state index in [1.54, 1.807) is 19.1 Å². The number of halogens is 3. The fourth-order valence-electron chi connectivity index (χ4n) is 6.75. The van der Waals surface area contributed by atoms with Gasteiger partial charge in [-0.2, -0.15) is 13.2 Å². The van der Waals surface area contributed by atoms with Gasteiger partial charge in [0, 0.05) is 56.0 Å². The first-order chi connectivity index (χ1) is 22.2. The highest BCUT2D eigenvalue weighted by molar-refractivity contribution is 6.43. The summed E-state index contributed by atoms with van der Waals surface area (Å²) in [6.07, 6.45) is -0.648. The van der Waals surface area contributed by atoms with Crippen molar-refractivity contribution in [2.75, 3.05) is 27.7 Å². The second-order valence-corrected chi connectivity index (χ2v) is 11.7. The summed E-state index contributed by atoms with van der Waals surface area (Å²) >= 11 is 0. The highest BCUT2D eigenvalue weighted by Crippen LogP contribution is 2.51. The van der Waals surface area contributed by atoms with Crippen molar-refractivity contribution in [1.82, 2.24) is 20.1 Å². The maximum atomic E-state index is 14.5. The normalized spacial score (nSPS) is 19.1. The first-order valence-electron chi connectivity index (χ1n) is 14.6. The maximum absolute atomic E-state index is 14.5. The number of carbonyl (C=O) groups excluding carboxylic acids is 5. The van der Waals surface area contributed by atoms with Crippen molar-refractivity contribution in [3.8, 4) is 5.75 Å². The Hall–Kier alpha value is -5.46. The molecular formula is C34H29F3N4O6. The molecule has 242 valence electrons. The van der Waals surface area contributed by atoms with E-state index in [0.717, 1.165) is 23.1 Å². The van der Waals surface area contributed by atoms with Crippen LogP contribution in [0.1, 0.15) is 54.2 Å². The van der Waals surface area contributed by atoms with Crippen molar-refractivity contribution >= 4 is 41.1 Å². The van der Waals surface area contributed by atoms with Gasteiger partial charge in [0.15, 0.2) is 11.3 Å². The van der Waals surface area contributed by atoms with Crippen LogP contribution in [0, 0.1) is 6.92 Å². The number of amides is 4. The number of benzene rings is 2. The van der Waals surface area contributed by atoms with Gasteiger partial charge in [-0.3, -0.25) is 24.1 Å². The van der Waals surface area contributed by atoms with Crippen LogP contribution in [-0.4, -0.2) is 77.5 Å². The van der Waals surface area contributed by atoms with Gasteiger partial charge in [0.05, 0.1) is 23.9 Å². The van der Waals surface area contributed by atoms with E-state index in [2.05, 4.69) is 10.3 Å². The van der Waals surface area contributed by atoms with E-state index in [-0.39, 0.29) is 47.4 Å². The number of nitrogens with one attached hydrogen (secondary N) is 2. The van der Waals surface area contributed by atoms with Gasteiger partial charge >= 0.3 is 12.2 Å². The highest BCUT2D eigenvalue weighted by atomic mass is 19.4. The minimum absolute atomic E-state index is 0.0216. The lowest BCUT2D eigenvalue weighted by Gasteiger charge is -2.42. The first-order valence-corrected chi connectivity index (χ1v) is 14.6. The molecule has 6 rings (SSSR count). The van der Waals surface area contributed by atoms with Crippen molar-refractivity contribution in [2.24, 2.45) is 0 Å². The smallest absolute Gasteiger partial charge is 0.416 e. The summed E-state index contributed by atoms with van der Waals surface area (Å²) in [5.41, 5.74) is -0.315. The Balaban J connectivity index is 1.32. The fraction of sp³-hybridized carbons (Fsp3) is 0.265. The quantitative estimate of drug-likeness (QED) is 0.302. The highest BCUT2D eigenvalue weighted by Gasteiger charge is 2.63. The number of methoxy groups -OCH3 is 1. The molecule has 3 aromatic rings. The molecule has 2 N–H and O–H groups in total.